The molecule has 1 aliphatic carbocycles. The number of nitrogens with one attached hydrogen (secondary N) is 1. The molecule has 1 aliphatic heterocycles. The van der Waals surface area contributed by atoms with Crippen molar-refractivity contribution in [2.75, 3.05) is 19.6 Å². The lowest BCUT2D eigenvalue weighted by Crippen LogP contribution is -2.59. The molecule has 0 amide bonds. The zero-order chi connectivity index (χ0) is 13.5. The van der Waals surface area contributed by atoms with Gasteiger partial charge in [-0.05, 0) is 31.7 Å². The zero-order valence-electron chi connectivity index (χ0n) is 11.3. The smallest absolute Gasteiger partial charge is 0.146 e. The van der Waals surface area contributed by atoms with Gasteiger partial charge in [0, 0.05) is 37.3 Å². The van der Waals surface area contributed by atoms with Gasteiger partial charge in [-0.1, -0.05) is 23.7 Å². The van der Waals surface area contributed by atoms with Crippen molar-refractivity contribution < 1.29 is 4.39 Å². The molecule has 2 nitrogen and oxygen atoms in total. The minimum atomic E-state index is -0.268. The first-order valence-electron chi connectivity index (χ1n) is 6.99. The Morgan fingerprint density at radius 3 is 3.00 bits per heavy atom. The predicted octanol–water partition coefficient (Wildman–Crippen LogP) is 3.05. The molecular formula is C15H20ClFN2. The van der Waals surface area contributed by atoms with Gasteiger partial charge in [0.1, 0.15) is 5.82 Å². The number of hydrogen-bond acceptors (Lipinski definition) is 2. The third-order valence-electron chi connectivity index (χ3n) is 4.41. The lowest BCUT2D eigenvalue weighted by atomic mass is 9.92. The van der Waals surface area contributed by atoms with Gasteiger partial charge in [0.2, 0.25) is 0 Å². The first kappa shape index (κ1) is 13.3. The van der Waals surface area contributed by atoms with Gasteiger partial charge in [0.05, 0.1) is 5.02 Å². The van der Waals surface area contributed by atoms with Crippen molar-refractivity contribution in [1.29, 1.82) is 0 Å². The van der Waals surface area contributed by atoms with E-state index in [1.54, 1.807) is 6.07 Å². The summed E-state index contributed by atoms with van der Waals surface area (Å²) in [5, 5.41) is 3.86. The van der Waals surface area contributed by atoms with Crippen molar-refractivity contribution in [3.05, 3.63) is 34.6 Å². The van der Waals surface area contributed by atoms with Crippen LogP contribution in [0.3, 0.4) is 0 Å². The summed E-state index contributed by atoms with van der Waals surface area (Å²) in [5.74, 6) is 0.523. The molecule has 1 aromatic carbocycles. The highest BCUT2D eigenvalue weighted by Crippen LogP contribution is 2.40. The van der Waals surface area contributed by atoms with Crippen LogP contribution in [-0.2, 0) is 6.54 Å². The average molecular weight is 283 g/mol. The van der Waals surface area contributed by atoms with Crippen LogP contribution in [0.25, 0.3) is 0 Å². The molecule has 1 aromatic rings. The highest BCUT2D eigenvalue weighted by atomic mass is 35.5. The summed E-state index contributed by atoms with van der Waals surface area (Å²) < 4.78 is 13.9. The Morgan fingerprint density at radius 2 is 2.26 bits per heavy atom. The summed E-state index contributed by atoms with van der Waals surface area (Å²) in [7, 11) is 0. The Balaban J connectivity index is 1.71. The Hall–Kier alpha value is -0.640. The number of nitrogens with zero attached hydrogens (tertiary/aromatic N) is 1. The molecule has 0 radical (unpaired) electrons. The lowest BCUT2D eigenvalue weighted by molar-refractivity contribution is 0.120. The number of piperazine rings is 1. The van der Waals surface area contributed by atoms with Crippen molar-refractivity contribution in [2.24, 2.45) is 5.92 Å². The van der Waals surface area contributed by atoms with Gasteiger partial charge >= 0.3 is 0 Å². The molecule has 2 fully saturated rings. The Kier molecular flexibility index (Phi) is 3.54. The highest BCUT2D eigenvalue weighted by molar-refractivity contribution is 6.30. The van der Waals surface area contributed by atoms with E-state index in [9.17, 15) is 4.39 Å². The van der Waals surface area contributed by atoms with Crippen molar-refractivity contribution >= 4 is 11.6 Å². The van der Waals surface area contributed by atoms with Gasteiger partial charge < -0.3 is 5.32 Å². The highest BCUT2D eigenvalue weighted by Gasteiger charge is 2.43. The Morgan fingerprint density at radius 1 is 1.47 bits per heavy atom. The summed E-state index contributed by atoms with van der Waals surface area (Å²) in [6, 6.07) is 5.26. The molecule has 1 atom stereocenters. The fourth-order valence-corrected chi connectivity index (χ4v) is 3.33. The molecule has 0 aromatic heterocycles. The van der Waals surface area contributed by atoms with Gasteiger partial charge in [-0.25, -0.2) is 4.39 Å². The van der Waals surface area contributed by atoms with Crippen molar-refractivity contribution in [3.63, 3.8) is 0 Å². The molecule has 1 saturated heterocycles. The van der Waals surface area contributed by atoms with Gasteiger partial charge in [-0.15, -0.1) is 0 Å². The lowest BCUT2D eigenvalue weighted by Gasteiger charge is -2.42. The summed E-state index contributed by atoms with van der Waals surface area (Å²) in [4.78, 5) is 2.34. The van der Waals surface area contributed by atoms with Gasteiger partial charge in [0.15, 0.2) is 0 Å². The third-order valence-corrected chi connectivity index (χ3v) is 4.70. The second-order valence-electron chi connectivity index (χ2n) is 6.04. The fraction of sp³-hybridized carbons (Fsp3) is 0.600. The van der Waals surface area contributed by atoms with Gasteiger partial charge in [0.25, 0.3) is 0 Å². The predicted molar refractivity (Wildman–Crippen MR) is 75.8 cm³/mol. The Labute approximate surface area is 118 Å². The van der Waals surface area contributed by atoms with Crippen LogP contribution in [-0.4, -0.2) is 30.1 Å². The summed E-state index contributed by atoms with van der Waals surface area (Å²) in [6.45, 7) is 5.88. The number of hydrogen-bond donors (Lipinski definition) is 1. The largest absolute Gasteiger partial charge is 0.309 e. The van der Waals surface area contributed by atoms with E-state index in [4.69, 9.17) is 11.6 Å². The van der Waals surface area contributed by atoms with E-state index in [0.717, 1.165) is 25.6 Å². The number of benzene rings is 1. The fourth-order valence-electron chi connectivity index (χ4n) is 3.14. The van der Waals surface area contributed by atoms with Gasteiger partial charge in [-0.2, -0.15) is 0 Å². The van der Waals surface area contributed by atoms with Gasteiger partial charge in [-0.3, -0.25) is 4.90 Å². The van der Waals surface area contributed by atoms with Crippen LogP contribution >= 0.6 is 11.6 Å². The van der Waals surface area contributed by atoms with Crippen molar-refractivity contribution in [3.8, 4) is 0 Å². The molecular weight excluding hydrogens is 263 g/mol. The van der Waals surface area contributed by atoms with E-state index >= 15 is 0 Å². The van der Waals surface area contributed by atoms with Crippen LogP contribution in [0, 0.1) is 11.7 Å². The second kappa shape index (κ2) is 5.04. The standard InChI is InChI=1S/C15H20ClFN2/c1-15(12-5-6-12)10-19(8-7-18-15)9-11-3-2-4-13(16)14(11)17/h2-4,12,18H,5-10H2,1H3. The maximum Gasteiger partial charge on any atom is 0.146 e. The average Bonchev–Trinajstić information content (AvgIpc) is 3.20. The molecule has 2 aliphatic rings. The normalized spacial score (nSPS) is 28.6. The van der Waals surface area contributed by atoms with Crippen LogP contribution in [0.1, 0.15) is 25.3 Å². The number of rotatable bonds is 3. The topological polar surface area (TPSA) is 15.3 Å². The molecule has 19 heavy (non-hydrogen) atoms. The van der Waals surface area contributed by atoms with E-state index in [2.05, 4.69) is 17.1 Å². The van der Waals surface area contributed by atoms with Crippen LogP contribution in [0.2, 0.25) is 5.02 Å². The molecule has 0 spiro atoms. The molecule has 3 rings (SSSR count). The van der Waals surface area contributed by atoms with E-state index in [-0.39, 0.29) is 16.4 Å². The first-order chi connectivity index (χ1) is 9.08. The number of halogens is 2. The van der Waals surface area contributed by atoms with Crippen LogP contribution < -0.4 is 5.32 Å². The monoisotopic (exact) mass is 282 g/mol. The quantitative estimate of drug-likeness (QED) is 0.917. The molecule has 1 unspecified atom stereocenters. The molecule has 0 bridgehead atoms. The zero-order valence-corrected chi connectivity index (χ0v) is 12.0. The summed E-state index contributed by atoms with van der Waals surface area (Å²) >= 11 is 5.84. The SMILES string of the molecule is CC1(C2CC2)CN(Cc2cccc(Cl)c2F)CCN1. The van der Waals surface area contributed by atoms with Crippen molar-refractivity contribution in [2.45, 2.75) is 31.8 Å². The molecule has 4 heteroatoms. The first-order valence-corrected chi connectivity index (χ1v) is 7.36. The van der Waals surface area contributed by atoms with E-state index < -0.39 is 0 Å². The minimum Gasteiger partial charge on any atom is -0.309 e. The summed E-state index contributed by atoms with van der Waals surface area (Å²) in [6.07, 6.45) is 2.64. The summed E-state index contributed by atoms with van der Waals surface area (Å²) in [5.41, 5.74) is 0.903. The van der Waals surface area contributed by atoms with E-state index in [1.165, 1.54) is 12.8 Å². The maximum absolute atomic E-state index is 13.9. The second-order valence-corrected chi connectivity index (χ2v) is 6.45. The Bertz CT molecular complexity index is 475. The molecule has 104 valence electrons. The van der Waals surface area contributed by atoms with Crippen LogP contribution in [0.4, 0.5) is 4.39 Å². The van der Waals surface area contributed by atoms with Crippen LogP contribution in [0.5, 0.6) is 0 Å². The molecule has 1 N–H and O–H groups in total. The third kappa shape index (κ3) is 2.78. The van der Waals surface area contributed by atoms with Crippen molar-refractivity contribution in [1.82, 2.24) is 10.2 Å². The van der Waals surface area contributed by atoms with E-state index in [1.807, 2.05) is 12.1 Å². The maximum atomic E-state index is 13.9. The molecule has 1 saturated carbocycles. The minimum absolute atomic E-state index is 0.202. The van der Waals surface area contributed by atoms with E-state index in [0.29, 0.717) is 12.1 Å². The van der Waals surface area contributed by atoms with Crippen LogP contribution in [0.15, 0.2) is 18.2 Å². The molecule has 1 heterocycles.